The summed E-state index contributed by atoms with van der Waals surface area (Å²) < 4.78 is 15.6. The highest BCUT2D eigenvalue weighted by atomic mass is 19.1. The van der Waals surface area contributed by atoms with E-state index in [0.717, 1.165) is 30.8 Å². The minimum atomic E-state index is -0.244. The van der Waals surface area contributed by atoms with Crippen LogP contribution in [0.1, 0.15) is 32.0 Å². The summed E-state index contributed by atoms with van der Waals surface area (Å²) in [6.45, 7) is 8.16. The molecule has 0 bridgehead atoms. The van der Waals surface area contributed by atoms with Gasteiger partial charge in [0.15, 0.2) is 0 Å². The molecule has 1 heterocycles. The van der Waals surface area contributed by atoms with Gasteiger partial charge in [-0.1, -0.05) is 32.9 Å². The van der Waals surface area contributed by atoms with E-state index in [-0.39, 0.29) is 5.82 Å². The van der Waals surface area contributed by atoms with Gasteiger partial charge in [0.1, 0.15) is 11.5 Å². The summed E-state index contributed by atoms with van der Waals surface area (Å²) in [6.07, 6.45) is 2.66. The zero-order valence-corrected chi connectivity index (χ0v) is 12.4. The monoisotopic (exact) mass is 275 g/mol. The molecule has 1 aromatic heterocycles. The van der Waals surface area contributed by atoms with E-state index >= 15 is 0 Å². The van der Waals surface area contributed by atoms with E-state index in [9.17, 15) is 4.39 Å². The Hall–Kier alpha value is -1.68. The quantitative estimate of drug-likeness (QED) is 0.876. The molecule has 108 valence electrons. The Kier molecular flexibility index (Phi) is 4.90. The molecular formula is C16H22FN3. The maximum Gasteiger partial charge on any atom is 0.148 e. The molecule has 2 rings (SSSR count). The molecule has 1 N–H and O–H groups in total. The first-order chi connectivity index (χ1) is 9.63. The lowest BCUT2D eigenvalue weighted by Gasteiger charge is -2.10. The predicted octanol–water partition coefficient (Wildman–Crippen LogP) is 3.32. The van der Waals surface area contributed by atoms with Crippen molar-refractivity contribution in [2.75, 3.05) is 6.54 Å². The lowest BCUT2D eigenvalue weighted by atomic mass is 10.2. The number of nitrogens with one attached hydrogen (secondary N) is 1. The van der Waals surface area contributed by atoms with Gasteiger partial charge < -0.3 is 5.32 Å². The number of halogens is 1. The molecule has 1 aromatic carbocycles. The van der Waals surface area contributed by atoms with Crippen molar-refractivity contribution in [1.29, 1.82) is 0 Å². The third kappa shape index (κ3) is 3.25. The Morgan fingerprint density at radius 2 is 2.05 bits per heavy atom. The van der Waals surface area contributed by atoms with Gasteiger partial charge in [0.05, 0.1) is 6.20 Å². The molecule has 2 aromatic rings. The second-order valence-corrected chi connectivity index (χ2v) is 5.36. The van der Waals surface area contributed by atoms with E-state index < -0.39 is 0 Å². The van der Waals surface area contributed by atoms with Crippen LogP contribution >= 0.6 is 0 Å². The minimum absolute atomic E-state index is 0.244. The highest BCUT2D eigenvalue weighted by Gasteiger charge is 2.13. The largest absolute Gasteiger partial charge is 0.312 e. The van der Waals surface area contributed by atoms with Gasteiger partial charge in [0.2, 0.25) is 0 Å². The number of para-hydroxylation sites is 1. The molecule has 4 heteroatoms. The van der Waals surface area contributed by atoms with Crippen LogP contribution in [-0.2, 0) is 13.0 Å². The molecule has 0 saturated carbocycles. The molecule has 0 aliphatic heterocycles. The zero-order chi connectivity index (χ0) is 14.5. The van der Waals surface area contributed by atoms with Gasteiger partial charge in [-0.2, -0.15) is 5.10 Å². The van der Waals surface area contributed by atoms with Crippen molar-refractivity contribution in [2.45, 2.75) is 33.7 Å². The number of hydrogen-bond donors (Lipinski definition) is 1. The van der Waals surface area contributed by atoms with Crippen molar-refractivity contribution < 1.29 is 4.39 Å². The van der Waals surface area contributed by atoms with Crippen molar-refractivity contribution in [3.63, 3.8) is 0 Å². The van der Waals surface area contributed by atoms with E-state index in [1.54, 1.807) is 16.8 Å². The smallest absolute Gasteiger partial charge is 0.148 e. The number of benzene rings is 1. The van der Waals surface area contributed by atoms with Crippen LogP contribution in [0.2, 0.25) is 0 Å². The lowest BCUT2D eigenvalue weighted by Crippen LogP contribution is -2.19. The van der Waals surface area contributed by atoms with Gasteiger partial charge in [-0.05, 0) is 31.0 Å². The van der Waals surface area contributed by atoms with Gasteiger partial charge in [-0.3, -0.25) is 0 Å². The first kappa shape index (κ1) is 14.7. The lowest BCUT2D eigenvalue weighted by molar-refractivity contribution is 0.550. The second-order valence-electron chi connectivity index (χ2n) is 5.36. The molecule has 0 amide bonds. The molecule has 0 radical (unpaired) electrons. The summed E-state index contributed by atoms with van der Waals surface area (Å²) in [5.41, 5.74) is 2.71. The Bertz CT molecular complexity index is 561. The summed E-state index contributed by atoms with van der Waals surface area (Å²) in [6, 6.07) is 6.75. The third-order valence-electron chi connectivity index (χ3n) is 3.24. The summed E-state index contributed by atoms with van der Waals surface area (Å²) in [4.78, 5) is 0. The molecule has 0 saturated heterocycles. The average molecular weight is 275 g/mol. The van der Waals surface area contributed by atoms with E-state index in [1.165, 1.54) is 6.07 Å². The summed E-state index contributed by atoms with van der Waals surface area (Å²) in [7, 11) is 0. The zero-order valence-electron chi connectivity index (χ0n) is 12.4. The Morgan fingerprint density at radius 1 is 1.30 bits per heavy atom. The first-order valence-electron chi connectivity index (χ1n) is 7.14. The number of aromatic nitrogens is 2. The van der Waals surface area contributed by atoms with Gasteiger partial charge >= 0.3 is 0 Å². The molecule has 0 atom stereocenters. The minimum Gasteiger partial charge on any atom is -0.312 e. The van der Waals surface area contributed by atoms with E-state index in [2.05, 4.69) is 31.2 Å². The Balaban J connectivity index is 2.23. The molecule has 0 fully saturated rings. The topological polar surface area (TPSA) is 29.9 Å². The normalized spacial score (nSPS) is 11.2. The maximum absolute atomic E-state index is 13.9. The van der Waals surface area contributed by atoms with Crippen LogP contribution < -0.4 is 5.32 Å². The van der Waals surface area contributed by atoms with E-state index in [4.69, 9.17) is 0 Å². The van der Waals surface area contributed by atoms with Crippen LogP contribution in [0.25, 0.3) is 5.69 Å². The fraction of sp³-hybridized carbons (Fsp3) is 0.438. The van der Waals surface area contributed by atoms with Crippen molar-refractivity contribution >= 4 is 0 Å². The number of hydrogen-bond acceptors (Lipinski definition) is 2. The van der Waals surface area contributed by atoms with Gasteiger partial charge in [-0.25, -0.2) is 9.07 Å². The fourth-order valence-corrected chi connectivity index (χ4v) is 2.26. The molecular weight excluding hydrogens is 253 g/mol. The highest BCUT2D eigenvalue weighted by molar-refractivity contribution is 5.36. The number of rotatable bonds is 6. The molecule has 0 unspecified atom stereocenters. The predicted molar refractivity (Wildman–Crippen MR) is 79.4 cm³/mol. The SMILES string of the molecule is CCc1c(CNCC(C)C)cnn1-c1ccccc1F. The Labute approximate surface area is 119 Å². The van der Waals surface area contributed by atoms with Crippen molar-refractivity contribution in [2.24, 2.45) is 5.92 Å². The Morgan fingerprint density at radius 3 is 2.70 bits per heavy atom. The molecule has 20 heavy (non-hydrogen) atoms. The van der Waals surface area contributed by atoms with Gasteiger partial charge in [0, 0.05) is 17.8 Å². The summed E-state index contributed by atoms with van der Waals surface area (Å²) in [5.74, 6) is 0.369. The third-order valence-corrected chi connectivity index (χ3v) is 3.24. The first-order valence-corrected chi connectivity index (χ1v) is 7.14. The van der Waals surface area contributed by atoms with E-state index in [1.807, 2.05) is 12.3 Å². The summed E-state index contributed by atoms with van der Waals surface area (Å²) in [5, 5.41) is 7.76. The van der Waals surface area contributed by atoms with Crippen LogP contribution in [-0.4, -0.2) is 16.3 Å². The van der Waals surface area contributed by atoms with Gasteiger partial charge in [-0.15, -0.1) is 0 Å². The molecule has 0 aliphatic rings. The van der Waals surface area contributed by atoms with Crippen LogP contribution in [0.3, 0.4) is 0 Å². The fourth-order valence-electron chi connectivity index (χ4n) is 2.26. The van der Waals surface area contributed by atoms with Crippen LogP contribution in [0.4, 0.5) is 4.39 Å². The molecule has 0 spiro atoms. The standard InChI is InChI=1S/C16H22FN3/c1-4-15-13(10-18-9-12(2)3)11-19-20(15)16-8-6-5-7-14(16)17/h5-8,11-12,18H,4,9-10H2,1-3H3. The van der Waals surface area contributed by atoms with Crippen LogP contribution in [0, 0.1) is 11.7 Å². The second kappa shape index (κ2) is 6.66. The molecule has 0 aliphatic carbocycles. The van der Waals surface area contributed by atoms with Crippen LogP contribution in [0.15, 0.2) is 30.5 Å². The van der Waals surface area contributed by atoms with Crippen molar-refractivity contribution in [3.8, 4) is 5.69 Å². The van der Waals surface area contributed by atoms with Gasteiger partial charge in [0.25, 0.3) is 0 Å². The molecule has 3 nitrogen and oxygen atoms in total. The van der Waals surface area contributed by atoms with Crippen molar-refractivity contribution in [1.82, 2.24) is 15.1 Å². The average Bonchev–Trinajstić information content (AvgIpc) is 2.81. The van der Waals surface area contributed by atoms with Crippen molar-refractivity contribution in [3.05, 3.63) is 47.5 Å². The summed E-state index contributed by atoms with van der Waals surface area (Å²) >= 11 is 0. The van der Waals surface area contributed by atoms with E-state index in [0.29, 0.717) is 11.6 Å². The number of nitrogens with zero attached hydrogens (tertiary/aromatic N) is 2. The maximum atomic E-state index is 13.9. The highest BCUT2D eigenvalue weighted by Crippen LogP contribution is 2.18. The van der Waals surface area contributed by atoms with Crippen LogP contribution in [0.5, 0.6) is 0 Å².